The van der Waals surface area contributed by atoms with E-state index in [1.54, 1.807) is 6.92 Å². The summed E-state index contributed by atoms with van der Waals surface area (Å²) < 4.78 is 4.97. The fourth-order valence-electron chi connectivity index (χ4n) is 3.67. The molecule has 0 fully saturated rings. The zero-order valence-electron chi connectivity index (χ0n) is 18.7. The number of hydrogen-bond acceptors (Lipinski definition) is 4. The number of allylic oxidation sites excluding steroid dienone is 1. The summed E-state index contributed by atoms with van der Waals surface area (Å²) in [7, 11) is 0. The fourth-order valence-corrected chi connectivity index (χ4v) is 3.67. The van der Waals surface area contributed by atoms with Crippen LogP contribution in [0.2, 0.25) is 0 Å². The van der Waals surface area contributed by atoms with E-state index in [0.29, 0.717) is 6.54 Å². The third-order valence-corrected chi connectivity index (χ3v) is 5.28. The number of fused-ring (bicyclic) bond motifs is 1. The van der Waals surface area contributed by atoms with Crippen LogP contribution in [0.4, 0.5) is 0 Å². The minimum absolute atomic E-state index is 0.0759. The molecule has 5 nitrogen and oxygen atoms in total. The van der Waals surface area contributed by atoms with Gasteiger partial charge in [-0.1, -0.05) is 57.2 Å². The first-order valence-electron chi connectivity index (χ1n) is 11.2. The van der Waals surface area contributed by atoms with Gasteiger partial charge in [-0.15, -0.1) is 0 Å². The summed E-state index contributed by atoms with van der Waals surface area (Å²) in [6.07, 6.45) is 10.9. The van der Waals surface area contributed by atoms with Crippen LogP contribution in [-0.2, 0) is 22.4 Å². The van der Waals surface area contributed by atoms with E-state index in [1.165, 1.54) is 68.3 Å². The molecule has 2 N–H and O–H groups in total. The van der Waals surface area contributed by atoms with Crippen molar-refractivity contribution in [3.8, 4) is 0 Å². The molecule has 0 aliphatic rings. The maximum atomic E-state index is 11.9. The van der Waals surface area contributed by atoms with Crippen molar-refractivity contribution in [1.82, 2.24) is 4.98 Å². The molecule has 0 aliphatic carbocycles. The molecule has 0 atom stereocenters. The second-order valence-corrected chi connectivity index (χ2v) is 7.65. The lowest BCUT2D eigenvalue weighted by Crippen LogP contribution is -2.11. The van der Waals surface area contributed by atoms with Crippen LogP contribution in [0.1, 0.15) is 70.6 Å². The summed E-state index contributed by atoms with van der Waals surface area (Å²) in [5, 5.41) is 11.0. The Bertz CT molecular complexity index is 860. The number of para-hydroxylation sites is 1. The van der Waals surface area contributed by atoms with Crippen molar-refractivity contribution < 1.29 is 14.6 Å². The number of H-pyrrole nitrogens is 1. The van der Waals surface area contributed by atoms with Crippen LogP contribution in [-0.4, -0.2) is 35.4 Å². The molecule has 1 aromatic heterocycles. The first kappa shape index (κ1) is 23.7. The molecular weight excluding hydrogens is 376 g/mol. The van der Waals surface area contributed by atoms with Gasteiger partial charge in [0.15, 0.2) is 0 Å². The number of aromatic amines is 1. The Morgan fingerprint density at radius 1 is 1.10 bits per heavy atom. The molecular formula is C25H36N2O3. The molecule has 0 aliphatic heterocycles. The zero-order chi connectivity index (χ0) is 21.8. The van der Waals surface area contributed by atoms with E-state index in [-0.39, 0.29) is 17.9 Å². The topological polar surface area (TPSA) is 74.7 Å². The number of hydrogen-bond donors (Lipinski definition) is 2. The van der Waals surface area contributed by atoms with Gasteiger partial charge in [0, 0.05) is 29.4 Å². The van der Waals surface area contributed by atoms with E-state index in [0.717, 1.165) is 18.4 Å². The highest BCUT2D eigenvalue weighted by Gasteiger charge is 2.13. The second kappa shape index (κ2) is 12.9. The maximum Gasteiger partial charge on any atom is 0.343 e. The van der Waals surface area contributed by atoms with Crippen LogP contribution in [0.15, 0.2) is 40.6 Å². The molecule has 0 saturated heterocycles. The molecule has 30 heavy (non-hydrogen) atoms. The number of carbonyl (C=O) groups is 1. The minimum atomic E-state index is -0.544. The third-order valence-electron chi connectivity index (χ3n) is 5.28. The number of aliphatic imine (C=N–C) groups is 1. The molecule has 2 rings (SSSR count). The van der Waals surface area contributed by atoms with Crippen molar-refractivity contribution in [3.63, 3.8) is 0 Å². The summed E-state index contributed by atoms with van der Waals surface area (Å²) in [4.78, 5) is 19.9. The molecule has 0 amide bonds. The number of aromatic nitrogens is 1. The molecule has 0 unspecified atom stereocenters. The summed E-state index contributed by atoms with van der Waals surface area (Å²) in [6.45, 7) is 6.26. The van der Waals surface area contributed by atoms with Gasteiger partial charge < -0.3 is 14.8 Å². The quantitative estimate of drug-likeness (QED) is 0.138. The molecule has 0 radical (unpaired) electrons. The largest absolute Gasteiger partial charge is 0.512 e. The van der Waals surface area contributed by atoms with Crippen LogP contribution >= 0.6 is 0 Å². The Hall–Kier alpha value is -2.56. The normalized spacial score (nSPS) is 12.5. The molecule has 2 aromatic rings. The lowest BCUT2D eigenvalue weighted by Gasteiger charge is -2.05. The lowest BCUT2D eigenvalue weighted by molar-refractivity contribution is -0.138. The van der Waals surface area contributed by atoms with E-state index in [1.807, 2.05) is 0 Å². The van der Waals surface area contributed by atoms with Crippen LogP contribution in [0.3, 0.4) is 0 Å². The van der Waals surface area contributed by atoms with Gasteiger partial charge >= 0.3 is 5.97 Å². The number of aliphatic hydroxyl groups excluding tert-OH is 1. The average Bonchev–Trinajstić information content (AvgIpc) is 3.07. The van der Waals surface area contributed by atoms with E-state index in [9.17, 15) is 9.90 Å². The van der Waals surface area contributed by atoms with Crippen molar-refractivity contribution in [1.29, 1.82) is 0 Å². The highest BCUT2D eigenvalue weighted by molar-refractivity contribution is 6.09. The standard InChI is InChI=1S/C25H36N2O3/c1-4-6-7-8-9-10-14-24-21(20-13-11-12-15-23(20)27-24)16-17-26-18-22(19(3)28)25(29)30-5-2/h11-13,15,18,27-28H,4-10,14,16-17H2,1-3H3/b22-19+,26-18?. The predicted octanol–water partition coefficient (Wildman–Crippen LogP) is 6.08. The van der Waals surface area contributed by atoms with Crippen molar-refractivity contribution in [2.75, 3.05) is 13.2 Å². The highest BCUT2D eigenvalue weighted by atomic mass is 16.5. The maximum absolute atomic E-state index is 11.9. The lowest BCUT2D eigenvalue weighted by atomic mass is 10.0. The SMILES string of the molecule is CCCCCCCCc1[nH]c2ccccc2c1CCN=C/C(C(=O)OCC)=C(/C)O. The van der Waals surface area contributed by atoms with E-state index in [4.69, 9.17) is 4.74 Å². The Morgan fingerprint density at radius 2 is 1.83 bits per heavy atom. The highest BCUT2D eigenvalue weighted by Crippen LogP contribution is 2.24. The van der Waals surface area contributed by atoms with E-state index >= 15 is 0 Å². The molecule has 164 valence electrons. The van der Waals surface area contributed by atoms with Gasteiger partial charge in [0.1, 0.15) is 11.3 Å². The van der Waals surface area contributed by atoms with Crippen molar-refractivity contribution in [2.45, 2.75) is 72.1 Å². The molecule has 0 spiro atoms. The number of ether oxygens (including phenoxy) is 1. The summed E-state index contributed by atoms with van der Waals surface area (Å²) in [5.74, 6) is -0.620. The number of nitrogens with zero attached hydrogens (tertiary/aromatic N) is 1. The monoisotopic (exact) mass is 412 g/mol. The molecule has 0 saturated carbocycles. The number of unbranched alkanes of at least 4 members (excludes halogenated alkanes) is 5. The van der Waals surface area contributed by atoms with Crippen molar-refractivity contribution >= 4 is 23.1 Å². The molecule has 1 heterocycles. The van der Waals surface area contributed by atoms with E-state index < -0.39 is 5.97 Å². The Labute approximate surface area is 180 Å². The summed E-state index contributed by atoms with van der Waals surface area (Å²) in [5.41, 5.74) is 3.87. The van der Waals surface area contributed by atoms with Crippen molar-refractivity contribution in [2.24, 2.45) is 4.99 Å². The van der Waals surface area contributed by atoms with Gasteiger partial charge in [-0.05, 0) is 44.7 Å². The third kappa shape index (κ3) is 7.05. The Balaban J connectivity index is 2.03. The first-order chi connectivity index (χ1) is 14.6. The van der Waals surface area contributed by atoms with E-state index in [2.05, 4.69) is 41.2 Å². The fraction of sp³-hybridized carbons (Fsp3) is 0.520. The number of nitrogens with one attached hydrogen (secondary N) is 1. The smallest absolute Gasteiger partial charge is 0.343 e. The molecule has 0 bridgehead atoms. The average molecular weight is 413 g/mol. The van der Waals surface area contributed by atoms with Gasteiger partial charge in [-0.2, -0.15) is 0 Å². The predicted molar refractivity (Wildman–Crippen MR) is 124 cm³/mol. The van der Waals surface area contributed by atoms with Crippen LogP contribution in [0.5, 0.6) is 0 Å². The first-order valence-corrected chi connectivity index (χ1v) is 11.2. The number of aryl methyl sites for hydroxylation is 1. The van der Waals surface area contributed by atoms with Gasteiger partial charge in [0.25, 0.3) is 0 Å². The molecule has 5 heteroatoms. The number of rotatable bonds is 13. The van der Waals surface area contributed by atoms with Gasteiger partial charge in [0.2, 0.25) is 0 Å². The summed E-state index contributed by atoms with van der Waals surface area (Å²) >= 11 is 0. The zero-order valence-corrected chi connectivity index (χ0v) is 18.7. The Morgan fingerprint density at radius 3 is 2.57 bits per heavy atom. The summed E-state index contributed by atoms with van der Waals surface area (Å²) in [6, 6.07) is 8.38. The van der Waals surface area contributed by atoms with Gasteiger partial charge in [-0.3, -0.25) is 4.99 Å². The van der Waals surface area contributed by atoms with Crippen LogP contribution < -0.4 is 0 Å². The number of aliphatic hydroxyl groups is 1. The van der Waals surface area contributed by atoms with Crippen LogP contribution in [0, 0.1) is 0 Å². The second-order valence-electron chi connectivity index (χ2n) is 7.65. The number of carbonyl (C=O) groups excluding carboxylic acids is 1. The Kier molecular flexibility index (Phi) is 10.2. The van der Waals surface area contributed by atoms with Crippen molar-refractivity contribution in [3.05, 3.63) is 46.9 Å². The number of benzene rings is 1. The molecule has 1 aromatic carbocycles. The number of esters is 1. The van der Waals surface area contributed by atoms with Gasteiger partial charge in [-0.25, -0.2) is 4.79 Å². The van der Waals surface area contributed by atoms with Crippen LogP contribution in [0.25, 0.3) is 10.9 Å². The minimum Gasteiger partial charge on any atom is -0.512 e. The van der Waals surface area contributed by atoms with Gasteiger partial charge in [0.05, 0.1) is 6.61 Å².